The van der Waals surface area contributed by atoms with Gasteiger partial charge in [0.15, 0.2) is 17.3 Å². The summed E-state index contributed by atoms with van der Waals surface area (Å²) in [4.78, 5) is 12.7. The van der Waals surface area contributed by atoms with Gasteiger partial charge in [0, 0.05) is 23.3 Å². The Hall–Kier alpha value is -3.10. The van der Waals surface area contributed by atoms with Gasteiger partial charge in [-0.1, -0.05) is 5.10 Å². The van der Waals surface area contributed by atoms with E-state index in [0.717, 1.165) is 24.1 Å². The van der Waals surface area contributed by atoms with E-state index >= 15 is 0 Å². The summed E-state index contributed by atoms with van der Waals surface area (Å²) in [5.41, 5.74) is 2.27. The second kappa shape index (κ2) is 6.32. The number of ketones is 1. The number of nitrogens with zero attached hydrogens (tertiary/aromatic N) is 4. The van der Waals surface area contributed by atoms with E-state index in [-0.39, 0.29) is 5.78 Å². The number of ether oxygens (including phenoxy) is 3. The molecule has 1 N–H and O–H groups in total. The van der Waals surface area contributed by atoms with Gasteiger partial charge in [0.05, 0.1) is 21.3 Å². The number of nitrogens with one attached hydrogen (secondary N) is 1. The number of methoxy groups -OCH3 is 3. The zero-order valence-corrected chi connectivity index (χ0v) is 14.8. The van der Waals surface area contributed by atoms with E-state index in [1.807, 2.05) is 6.07 Å². The van der Waals surface area contributed by atoms with Crippen molar-refractivity contribution < 1.29 is 19.0 Å². The summed E-state index contributed by atoms with van der Waals surface area (Å²) >= 11 is 0. The molecule has 0 bridgehead atoms. The van der Waals surface area contributed by atoms with Gasteiger partial charge in [0.25, 0.3) is 0 Å². The highest BCUT2D eigenvalue weighted by molar-refractivity contribution is 5.99. The minimum absolute atomic E-state index is 0.0849. The largest absolute Gasteiger partial charge is 0.493 e. The molecule has 1 aliphatic heterocycles. The van der Waals surface area contributed by atoms with Crippen molar-refractivity contribution in [3.63, 3.8) is 0 Å². The molecule has 0 fully saturated rings. The molecule has 0 unspecified atom stereocenters. The molecule has 1 aromatic carbocycles. The molecule has 4 rings (SSSR count). The monoisotopic (exact) mass is 357 g/mol. The predicted octanol–water partition coefficient (Wildman–Crippen LogP) is 1.72. The molecule has 136 valence electrons. The number of benzene rings is 1. The van der Waals surface area contributed by atoms with Crippen molar-refractivity contribution in [3.8, 4) is 17.2 Å². The Morgan fingerprint density at radius 2 is 1.92 bits per heavy atom. The van der Waals surface area contributed by atoms with Crippen molar-refractivity contribution >= 4 is 11.7 Å². The summed E-state index contributed by atoms with van der Waals surface area (Å²) in [5, 5.41) is 15.1. The maximum atomic E-state index is 12.7. The molecule has 1 aliphatic carbocycles. The average molecular weight is 357 g/mol. The molecule has 2 aliphatic rings. The molecule has 2 aromatic rings. The van der Waals surface area contributed by atoms with Crippen molar-refractivity contribution in [3.05, 3.63) is 29.0 Å². The van der Waals surface area contributed by atoms with Gasteiger partial charge in [-0.15, -0.1) is 0 Å². The van der Waals surface area contributed by atoms with Crippen LogP contribution in [0, 0.1) is 0 Å². The number of rotatable bonds is 4. The van der Waals surface area contributed by atoms with E-state index in [1.54, 1.807) is 32.1 Å². The number of carbonyl (C=O) groups excluding carboxylic acids is 1. The van der Waals surface area contributed by atoms with Crippen molar-refractivity contribution in [1.29, 1.82) is 0 Å². The van der Waals surface area contributed by atoms with Crippen LogP contribution >= 0.6 is 0 Å². The van der Waals surface area contributed by atoms with E-state index in [1.165, 1.54) is 0 Å². The van der Waals surface area contributed by atoms with Crippen LogP contribution in [-0.4, -0.2) is 47.3 Å². The van der Waals surface area contributed by atoms with Gasteiger partial charge in [0.1, 0.15) is 6.04 Å². The summed E-state index contributed by atoms with van der Waals surface area (Å²) < 4.78 is 18.1. The quantitative estimate of drug-likeness (QED) is 0.883. The first-order valence-electron chi connectivity index (χ1n) is 8.29. The minimum Gasteiger partial charge on any atom is -0.493 e. The first-order valence-corrected chi connectivity index (χ1v) is 8.29. The smallest absolute Gasteiger partial charge is 0.248 e. The number of tetrazole rings is 1. The van der Waals surface area contributed by atoms with Crippen LogP contribution in [0.5, 0.6) is 17.2 Å². The topological polar surface area (TPSA) is 100 Å². The molecule has 0 amide bonds. The molecule has 1 atom stereocenters. The number of hydrogen-bond acceptors (Lipinski definition) is 8. The highest BCUT2D eigenvalue weighted by Gasteiger charge is 2.38. The van der Waals surface area contributed by atoms with Crippen LogP contribution in [-0.2, 0) is 4.79 Å². The van der Waals surface area contributed by atoms with Crippen LogP contribution in [0.2, 0.25) is 0 Å². The number of carbonyl (C=O) groups is 1. The highest BCUT2D eigenvalue weighted by Crippen LogP contribution is 2.47. The Bertz CT molecular complexity index is 905. The zero-order chi connectivity index (χ0) is 18.3. The Kier molecular flexibility index (Phi) is 3.98. The van der Waals surface area contributed by atoms with E-state index in [2.05, 4.69) is 20.8 Å². The highest BCUT2D eigenvalue weighted by atomic mass is 16.5. The number of aromatic nitrogens is 4. The molecule has 0 saturated carbocycles. The molecular weight excluding hydrogens is 338 g/mol. The average Bonchev–Trinajstić information content (AvgIpc) is 3.13. The van der Waals surface area contributed by atoms with E-state index in [0.29, 0.717) is 35.2 Å². The Morgan fingerprint density at radius 3 is 2.65 bits per heavy atom. The van der Waals surface area contributed by atoms with Crippen molar-refractivity contribution in [2.45, 2.75) is 25.3 Å². The molecule has 9 nitrogen and oxygen atoms in total. The van der Waals surface area contributed by atoms with E-state index < -0.39 is 6.04 Å². The Morgan fingerprint density at radius 1 is 1.12 bits per heavy atom. The molecule has 0 saturated heterocycles. The van der Waals surface area contributed by atoms with Crippen LogP contribution in [0.1, 0.15) is 30.9 Å². The predicted molar refractivity (Wildman–Crippen MR) is 91.6 cm³/mol. The lowest BCUT2D eigenvalue weighted by Crippen LogP contribution is -2.31. The summed E-state index contributed by atoms with van der Waals surface area (Å²) in [6.45, 7) is 0. The Balaban J connectivity index is 1.97. The van der Waals surface area contributed by atoms with Crippen molar-refractivity contribution in [2.24, 2.45) is 0 Å². The maximum Gasteiger partial charge on any atom is 0.248 e. The molecule has 1 aromatic heterocycles. The lowest BCUT2D eigenvalue weighted by molar-refractivity contribution is -0.116. The van der Waals surface area contributed by atoms with Crippen LogP contribution in [0.3, 0.4) is 0 Å². The van der Waals surface area contributed by atoms with Gasteiger partial charge in [-0.05, 0) is 35.4 Å². The summed E-state index contributed by atoms with van der Waals surface area (Å²) in [6.07, 6.45) is 2.09. The molecule has 9 heteroatoms. The minimum atomic E-state index is -0.487. The Labute approximate surface area is 149 Å². The second-order valence-corrected chi connectivity index (χ2v) is 6.07. The summed E-state index contributed by atoms with van der Waals surface area (Å²) in [7, 11) is 4.66. The second-order valence-electron chi connectivity index (χ2n) is 6.07. The van der Waals surface area contributed by atoms with Gasteiger partial charge in [-0.25, -0.2) is 0 Å². The van der Waals surface area contributed by atoms with Crippen LogP contribution in [0.15, 0.2) is 23.4 Å². The third kappa shape index (κ3) is 2.31. The molecule has 26 heavy (non-hydrogen) atoms. The van der Waals surface area contributed by atoms with Gasteiger partial charge in [-0.3, -0.25) is 4.79 Å². The lowest BCUT2D eigenvalue weighted by Gasteiger charge is -2.32. The zero-order valence-electron chi connectivity index (χ0n) is 14.8. The molecule has 0 spiro atoms. The lowest BCUT2D eigenvalue weighted by atomic mass is 9.85. The maximum absolute atomic E-state index is 12.7. The number of hydrogen-bond donors (Lipinski definition) is 1. The first-order chi connectivity index (χ1) is 12.7. The fraction of sp³-hybridized carbons (Fsp3) is 0.412. The van der Waals surface area contributed by atoms with Crippen molar-refractivity contribution in [2.75, 3.05) is 26.6 Å². The fourth-order valence-electron chi connectivity index (χ4n) is 3.64. The number of fused-ring (bicyclic) bond motifs is 1. The van der Waals surface area contributed by atoms with E-state index in [9.17, 15) is 4.79 Å². The van der Waals surface area contributed by atoms with Crippen LogP contribution in [0.4, 0.5) is 5.95 Å². The normalized spacial score (nSPS) is 18.7. The number of anilines is 1. The fourth-order valence-corrected chi connectivity index (χ4v) is 3.64. The van der Waals surface area contributed by atoms with E-state index in [4.69, 9.17) is 14.2 Å². The molecule has 2 heterocycles. The number of Topliss-reactive ketones (excluding diaryl/α,β-unsaturated/α-hetero) is 1. The van der Waals surface area contributed by atoms with Gasteiger partial charge < -0.3 is 19.5 Å². The SMILES string of the molecule is COc1ccc([C@H]2C3=C(CCCC3=O)Nc3nnnn32)c(OC)c1OC. The van der Waals surface area contributed by atoms with Gasteiger partial charge in [-0.2, -0.15) is 4.68 Å². The van der Waals surface area contributed by atoms with Crippen molar-refractivity contribution in [1.82, 2.24) is 20.2 Å². The number of allylic oxidation sites excluding steroid dienone is 2. The van der Waals surface area contributed by atoms with Gasteiger partial charge in [0.2, 0.25) is 11.7 Å². The third-order valence-corrected chi connectivity index (χ3v) is 4.76. The molecular formula is C17H19N5O4. The first kappa shape index (κ1) is 16.4. The standard InChI is InChI=1S/C17H19N5O4/c1-24-12-8-7-9(15(25-2)16(12)26-3)14-13-10(5-4-6-11(13)23)18-17-19-20-21-22(14)17/h7-8,14H,4-6H2,1-3H3,(H,18,19,21)/t14-/m0/s1. The van der Waals surface area contributed by atoms with Crippen LogP contribution in [0.25, 0.3) is 0 Å². The summed E-state index contributed by atoms with van der Waals surface area (Å²) in [6, 6.07) is 3.16. The van der Waals surface area contributed by atoms with Gasteiger partial charge >= 0.3 is 0 Å². The third-order valence-electron chi connectivity index (χ3n) is 4.76. The van der Waals surface area contributed by atoms with Crippen LogP contribution < -0.4 is 19.5 Å². The summed E-state index contributed by atoms with van der Waals surface area (Å²) in [5.74, 6) is 2.08. The molecule has 0 radical (unpaired) electrons.